The number of amides is 1. The van der Waals surface area contributed by atoms with Gasteiger partial charge in [-0.25, -0.2) is 14.4 Å². The average molecular weight is 429 g/mol. The minimum absolute atomic E-state index is 0.00240. The van der Waals surface area contributed by atoms with Gasteiger partial charge in [0.05, 0.1) is 11.3 Å². The topological polar surface area (TPSA) is 77.0 Å². The highest BCUT2D eigenvalue weighted by molar-refractivity contribution is 6.02. The smallest absolute Gasteiger partial charge is 0.234 e. The van der Waals surface area contributed by atoms with Crippen molar-refractivity contribution in [2.45, 2.75) is 32.2 Å². The number of benzene rings is 2. The molecule has 0 bridgehead atoms. The minimum atomic E-state index is -0.412. The highest BCUT2D eigenvalue weighted by atomic mass is 19.1. The van der Waals surface area contributed by atoms with E-state index < -0.39 is 5.82 Å². The van der Waals surface area contributed by atoms with E-state index in [2.05, 4.69) is 9.97 Å². The van der Waals surface area contributed by atoms with Crippen LogP contribution in [-0.4, -0.2) is 27.0 Å². The van der Waals surface area contributed by atoms with Gasteiger partial charge in [-0.15, -0.1) is 0 Å². The number of carbonyl (C=O) groups excluding carboxylic acids is 1. The van der Waals surface area contributed by atoms with E-state index in [0.717, 1.165) is 5.56 Å². The van der Waals surface area contributed by atoms with E-state index in [1.54, 1.807) is 17.0 Å². The molecule has 7 heteroatoms. The van der Waals surface area contributed by atoms with Gasteiger partial charge in [0.15, 0.2) is 0 Å². The Kier molecular flexibility index (Phi) is 4.89. The molecule has 2 aromatic heterocycles. The molecule has 0 spiro atoms. The molecule has 0 aliphatic carbocycles. The van der Waals surface area contributed by atoms with Crippen LogP contribution in [0.15, 0.2) is 61.1 Å². The van der Waals surface area contributed by atoms with Crippen LogP contribution >= 0.6 is 0 Å². The van der Waals surface area contributed by atoms with Crippen LogP contribution in [-0.2, 0) is 4.79 Å². The van der Waals surface area contributed by atoms with Crippen molar-refractivity contribution in [2.75, 3.05) is 17.2 Å². The molecule has 1 atom stereocenters. The van der Waals surface area contributed by atoms with E-state index in [-0.39, 0.29) is 17.9 Å². The largest absolute Gasteiger partial charge is 0.383 e. The van der Waals surface area contributed by atoms with Gasteiger partial charge in [-0.1, -0.05) is 30.3 Å². The zero-order valence-corrected chi connectivity index (χ0v) is 18.0. The summed E-state index contributed by atoms with van der Waals surface area (Å²) in [7, 11) is 0. The fraction of sp³-hybridized carbons (Fsp3) is 0.240. The Morgan fingerprint density at radius 3 is 2.59 bits per heavy atom. The number of nitrogen functional groups attached to an aromatic ring is 1. The monoisotopic (exact) mass is 429 g/mol. The second kappa shape index (κ2) is 7.75. The van der Waals surface area contributed by atoms with Gasteiger partial charge in [-0.2, -0.15) is 0 Å². The Bertz CT molecular complexity index is 1310. The van der Waals surface area contributed by atoms with Crippen molar-refractivity contribution in [2.24, 2.45) is 0 Å². The minimum Gasteiger partial charge on any atom is -0.383 e. The Labute approximate surface area is 185 Å². The fourth-order valence-electron chi connectivity index (χ4n) is 4.53. The molecule has 1 aliphatic rings. The van der Waals surface area contributed by atoms with E-state index in [9.17, 15) is 4.79 Å². The number of fused-ring (bicyclic) bond motifs is 1. The highest BCUT2D eigenvalue weighted by Crippen LogP contribution is 2.38. The molecule has 0 radical (unpaired) electrons. The van der Waals surface area contributed by atoms with Gasteiger partial charge in [-0.05, 0) is 44.0 Å². The Morgan fingerprint density at radius 1 is 1.09 bits per heavy atom. The van der Waals surface area contributed by atoms with Crippen molar-refractivity contribution in [3.8, 4) is 11.1 Å². The molecule has 4 aromatic rings. The third-order valence-electron chi connectivity index (χ3n) is 6.16. The van der Waals surface area contributed by atoms with Crippen molar-refractivity contribution in [3.63, 3.8) is 0 Å². The molecular formula is C25H24FN5O. The fourth-order valence-corrected chi connectivity index (χ4v) is 4.53. The third kappa shape index (κ3) is 3.21. The number of anilines is 2. The zero-order chi connectivity index (χ0) is 22.4. The van der Waals surface area contributed by atoms with Crippen LogP contribution in [0.4, 0.5) is 15.9 Å². The lowest BCUT2D eigenvalue weighted by molar-refractivity contribution is -0.118. The lowest BCUT2D eigenvalue weighted by Crippen LogP contribution is -2.26. The number of hydrogen-bond donors (Lipinski definition) is 1. The van der Waals surface area contributed by atoms with Crippen LogP contribution in [0.2, 0.25) is 0 Å². The number of rotatable bonds is 4. The van der Waals surface area contributed by atoms with Gasteiger partial charge in [0, 0.05) is 35.6 Å². The first-order valence-corrected chi connectivity index (χ1v) is 10.7. The first kappa shape index (κ1) is 20.2. The lowest BCUT2D eigenvalue weighted by Gasteiger charge is -2.18. The first-order chi connectivity index (χ1) is 15.5. The summed E-state index contributed by atoms with van der Waals surface area (Å²) in [4.78, 5) is 23.2. The van der Waals surface area contributed by atoms with Gasteiger partial charge in [-0.3, -0.25) is 4.79 Å². The third-order valence-corrected chi connectivity index (χ3v) is 6.16. The molecule has 5 rings (SSSR count). The second-order valence-electron chi connectivity index (χ2n) is 8.41. The summed E-state index contributed by atoms with van der Waals surface area (Å²) in [6.45, 7) is 4.62. The van der Waals surface area contributed by atoms with E-state index in [1.165, 1.54) is 12.4 Å². The van der Waals surface area contributed by atoms with Crippen LogP contribution in [0.5, 0.6) is 0 Å². The SMILES string of the molecule is CC(C)n1cc(-c2ccc(N3CCC(c4ccccc4)C3=O)cc2F)c2c(N)ncnc21. The molecule has 1 amide bonds. The predicted octanol–water partition coefficient (Wildman–Crippen LogP) is 4.92. The summed E-state index contributed by atoms with van der Waals surface area (Å²) in [5, 5.41) is 0.634. The predicted molar refractivity (Wildman–Crippen MR) is 124 cm³/mol. The van der Waals surface area contributed by atoms with Gasteiger partial charge >= 0.3 is 0 Å². The Morgan fingerprint density at radius 2 is 1.88 bits per heavy atom. The molecule has 32 heavy (non-hydrogen) atoms. The standard InChI is InChI=1S/C25H24FN5O/c1-15(2)31-13-20(22-23(27)28-14-29-24(22)31)19-9-8-17(12-21(19)26)30-11-10-18(25(30)32)16-6-4-3-5-7-16/h3-9,12-15,18H,10-11H2,1-2H3,(H2,27,28,29). The maximum atomic E-state index is 15.4. The summed E-state index contributed by atoms with van der Waals surface area (Å²) in [6.07, 6.45) is 3.99. The van der Waals surface area contributed by atoms with Crippen LogP contribution in [0.25, 0.3) is 22.2 Å². The van der Waals surface area contributed by atoms with Crippen molar-refractivity contribution >= 4 is 28.4 Å². The van der Waals surface area contributed by atoms with Crippen LogP contribution < -0.4 is 10.6 Å². The molecule has 1 aliphatic heterocycles. The number of hydrogen-bond acceptors (Lipinski definition) is 4. The summed E-state index contributed by atoms with van der Waals surface area (Å²) in [5.41, 5.74) is 9.42. The van der Waals surface area contributed by atoms with Crippen molar-refractivity contribution < 1.29 is 9.18 Å². The number of nitrogens with two attached hydrogens (primary N) is 1. The van der Waals surface area contributed by atoms with Crippen molar-refractivity contribution in [3.05, 3.63) is 72.4 Å². The van der Waals surface area contributed by atoms with E-state index in [4.69, 9.17) is 5.73 Å². The molecule has 162 valence electrons. The van der Waals surface area contributed by atoms with Crippen molar-refractivity contribution in [1.29, 1.82) is 0 Å². The molecule has 2 aromatic carbocycles. The van der Waals surface area contributed by atoms with E-state index >= 15 is 4.39 Å². The first-order valence-electron chi connectivity index (χ1n) is 10.7. The maximum absolute atomic E-state index is 15.4. The number of aromatic nitrogens is 3. The quantitative estimate of drug-likeness (QED) is 0.499. The van der Waals surface area contributed by atoms with Crippen LogP contribution in [0.1, 0.15) is 37.8 Å². The number of carbonyl (C=O) groups is 1. The number of nitrogens with zero attached hydrogens (tertiary/aromatic N) is 4. The summed E-state index contributed by atoms with van der Waals surface area (Å²) < 4.78 is 17.3. The van der Waals surface area contributed by atoms with E-state index in [0.29, 0.717) is 46.6 Å². The van der Waals surface area contributed by atoms with Gasteiger partial charge in [0.25, 0.3) is 0 Å². The molecule has 0 saturated carbocycles. The van der Waals surface area contributed by atoms with Crippen LogP contribution in [0, 0.1) is 5.82 Å². The zero-order valence-electron chi connectivity index (χ0n) is 18.0. The molecule has 2 N–H and O–H groups in total. The van der Waals surface area contributed by atoms with Gasteiger partial charge in [0.2, 0.25) is 5.91 Å². The Balaban J connectivity index is 1.52. The molecule has 1 unspecified atom stereocenters. The van der Waals surface area contributed by atoms with Gasteiger partial charge < -0.3 is 15.2 Å². The molecule has 6 nitrogen and oxygen atoms in total. The molecule has 1 fully saturated rings. The van der Waals surface area contributed by atoms with Crippen LogP contribution in [0.3, 0.4) is 0 Å². The summed E-state index contributed by atoms with van der Waals surface area (Å²) in [6, 6.07) is 14.8. The van der Waals surface area contributed by atoms with Crippen molar-refractivity contribution in [1.82, 2.24) is 14.5 Å². The molecule has 1 saturated heterocycles. The normalized spacial score (nSPS) is 16.4. The Hall–Kier alpha value is -3.74. The summed E-state index contributed by atoms with van der Waals surface area (Å²) >= 11 is 0. The molecular weight excluding hydrogens is 405 g/mol. The average Bonchev–Trinajstić information content (AvgIpc) is 3.36. The van der Waals surface area contributed by atoms with E-state index in [1.807, 2.05) is 54.9 Å². The maximum Gasteiger partial charge on any atom is 0.234 e. The lowest BCUT2D eigenvalue weighted by atomic mass is 9.98. The second-order valence-corrected chi connectivity index (χ2v) is 8.41. The number of halogens is 1. The van der Waals surface area contributed by atoms with Gasteiger partial charge in [0.1, 0.15) is 23.6 Å². The molecule has 3 heterocycles. The highest BCUT2D eigenvalue weighted by Gasteiger charge is 2.34. The summed E-state index contributed by atoms with van der Waals surface area (Å²) in [5.74, 6) is -0.296.